The Morgan fingerprint density at radius 1 is 1.36 bits per heavy atom. The quantitative estimate of drug-likeness (QED) is 0.734. The summed E-state index contributed by atoms with van der Waals surface area (Å²) in [7, 11) is 0. The summed E-state index contributed by atoms with van der Waals surface area (Å²) in [5.41, 5.74) is 3.57. The fraction of sp³-hybridized carbons (Fsp3) is 0.417. The van der Waals surface area contributed by atoms with Crippen molar-refractivity contribution in [3.8, 4) is 0 Å². The van der Waals surface area contributed by atoms with E-state index in [0.717, 1.165) is 11.3 Å². The number of ketones is 1. The van der Waals surface area contributed by atoms with E-state index in [4.69, 9.17) is 0 Å². The predicted octanol–water partition coefficient (Wildman–Crippen LogP) is 2.35. The first-order chi connectivity index (χ1) is 6.66. The van der Waals surface area contributed by atoms with Gasteiger partial charge in [-0.3, -0.25) is 4.79 Å². The maximum absolute atomic E-state index is 11.2. The van der Waals surface area contributed by atoms with Crippen LogP contribution >= 0.6 is 0 Å². The van der Waals surface area contributed by atoms with E-state index in [-0.39, 0.29) is 5.78 Å². The Morgan fingerprint density at radius 3 is 2.86 bits per heavy atom. The number of Topliss-reactive ketones (excluding diaryl/α,β-unsaturated/α-hetero) is 1. The summed E-state index contributed by atoms with van der Waals surface area (Å²) in [4.78, 5) is 11.2. The lowest BCUT2D eigenvalue weighted by Gasteiger charge is -2.18. The van der Waals surface area contributed by atoms with Crippen molar-refractivity contribution < 1.29 is 4.79 Å². The van der Waals surface area contributed by atoms with E-state index in [1.165, 1.54) is 5.56 Å². The SMILES string of the molecule is CC(C)c1ccc2c(c1)CC(=O)CN2. The Balaban J connectivity index is 2.37. The average Bonchev–Trinajstić information content (AvgIpc) is 2.16. The summed E-state index contributed by atoms with van der Waals surface area (Å²) in [6.45, 7) is 4.81. The van der Waals surface area contributed by atoms with Crippen LogP contribution in [0.25, 0.3) is 0 Å². The lowest BCUT2D eigenvalue weighted by molar-refractivity contribution is -0.117. The number of hydrogen-bond donors (Lipinski definition) is 1. The molecule has 0 amide bonds. The monoisotopic (exact) mass is 189 g/mol. The molecule has 2 rings (SSSR count). The molecular formula is C12H15NO. The topological polar surface area (TPSA) is 29.1 Å². The second-order valence-electron chi connectivity index (χ2n) is 4.14. The van der Waals surface area contributed by atoms with Gasteiger partial charge >= 0.3 is 0 Å². The first-order valence-corrected chi connectivity index (χ1v) is 5.05. The molecule has 14 heavy (non-hydrogen) atoms. The lowest BCUT2D eigenvalue weighted by atomic mass is 9.95. The smallest absolute Gasteiger partial charge is 0.156 e. The summed E-state index contributed by atoms with van der Waals surface area (Å²) in [6.07, 6.45) is 0.586. The minimum Gasteiger partial charge on any atom is -0.378 e. The Bertz CT molecular complexity index is 369. The van der Waals surface area contributed by atoms with Crippen LogP contribution in [0.5, 0.6) is 0 Å². The van der Waals surface area contributed by atoms with Gasteiger partial charge in [-0.1, -0.05) is 26.0 Å². The molecule has 0 atom stereocenters. The van der Waals surface area contributed by atoms with Crippen molar-refractivity contribution in [2.24, 2.45) is 0 Å². The van der Waals surface area contributed by atoms with Gasteiger partial charge in [-0.25, -0.2) is 0 Å². The fourth-order valence-electron chi connectivity index (χ4n) is 1.76. The predicted molar refractivity (Wildman–Crippen MR) is 57.7 cm³/mol. The zero-order valence-corrected chi connectivity index (χ0v) is 8.63. The summed E-state index contributed by atoms with van der Waals surface area (Å²) in [5, 5.41) is 3.13. The van der Waals surface area contributed by atoms with Crippen molar-refractivity contribution in [1.29, 1.82) is 0 Å². The number of carbonyl (C=O) groups excluding carboxylic acids is 1. The molecule has 1 aromatic rings. The molecule has 74 valence electrons. The van der Waals surface area contributed by atoms with E-state index in [9.17, 15) is 4.79 Å². The molecule has 2 heteroatoms. The van der Waals surface area contributed by atoms with Gasteiger partial charge < -0.3 is 5.32 Å². The Labute approximate surface area is 84.3 Å². The molecule has 0 fully saturated rings. The van der Waals surface area contributed by atoms with Crippen LogP contribution < -0.4 is 5.32 Å². The number of rotatable bonds is 1. The molecule has 0 aliphatic carbocycles. The van der Waals surface area contributed by atoms with Gasteiger partial charge in [-0.15, -0.1) is 0 Å². The van der Waals surface area contributed by atoms with E-state index in [1.807, 2.05) is 0 Å². The van der Waals surface area contributed by atoms with Crippen LogP contribution in [0.3, 0.4) is 0 Å². The second-order valence-corrected chi connectivity index (χ2v) is 4.14. The molecule has 0 unspecified atom stereocenters. The van der Waals surface area contributed by atoms with Crippen molar-refractivity contribution in [2.75, 3.05) is 11.9 Å². The van der Waals surface area contributed by atoms with Gasteiger partial charge in [0, 0.05) is 12.1 Å². The lowest BCUT2D eigenvalue weighted by Crippen LogP contribution is -2.22. The first-order valence-electron chi connectivity index (χ1n) is 5.05. The summed E-state index contributed by atoms with van der Waals surface area (Å²) in [6, 6.07) is 6.35. The van der Waals surface area contributed by atoms with Crippen LogP contribution in [0.2, 0.25) is 0 Å². The number of hydrogen-bond acceptors (Lipinski definition) is 2. The first kappa shape index (κ1) is 9.25. The van der Waals surface area contributed by atoms with Crippen LogP contribution in [0.1, 0.15) is 30.9 Å². The van der Waals surface area contributed by atoms with Crippen molar-refractivity contribution in [3.05, 3.63) is 29.3 Å². The third kappa shape index (κ3) is 1.65. The van der Waals surface area contributed by atoms with Gasteiger partial charge in [0.25, 0.3) is 0 Å². The summed E-state index contributed by atoms with van der Waals surface area (Å²) >= 11 is 0. The summed E-state index contributed by atoms with van der Waals surface area (Å²) in [5.74, 6) is 0.802. The van der Waals surface area contributed by atoms with E-state index >= 15 is 0 Å². The molecule has 1 aliphatic heterocycles. The zero-order chi connectivity index (χ0) is 10.1. The van der Waals surface area contributed by atoms with Gasteiger partial charge in [0.05, 0.1) is 6.54 Å². The Morgan fingerprint density at radius 2 is 2.14 bits per heavy atom. The van der Waals surface area contributed by atoms with Crippen molar-refractivity contribution in [2.45, 2.75) is 26.2 Å². The minimum absolute atomic E-state index is 0.276. The van der Waals surface area contributed by atoms with Crippen molar-refractivity contribution in [3.63, 3.8) is 0 Å². The maximum atomic E-state index is 11.2. The van der Waals surface area contributed by atoms with Crippen molar-refractivity contribution in [1.82, 2.24) is 0 Å². The molecule has 1 N–H and O–H groups in total. The number of carbonyl (C=O) groups is 1. The second kappa shape index (κ2) is 3.45. The normalized spacial score (nSPS) is 15.2. The third-order valence-electron chi connectivity index (χ3n) is 2.66. The highest BCUT2D eigenvalue weighted by atomic mass is 16.1. The van der Waals surface area contributed by atoms with Crippen LogP contribution in [-0.2, 0) is 11.2 Å². The Hall–Kier alpha value is -1.31. The van der Waals surface area contributed by atoms with Crippen LogP contribution in [0, 0.1) is 0 Å². The molecule has 1 aromatic carbocycles. The van der Waals surface area contributed by atoms with E-state index in [1.54, 1.807) is 0 Å². The highest BCUT2D eigenvalue weighted by Gasteiger charge is 2.15. The zero-order valence-electron chi connectivity index (χ0n) is 8.63. The average molecular weight is 189 g/mol. The molecule has 1 aliphatic rings. The highest BCUT2D eigenvalue weighted by molar-refractivity contribution is 5.89. The van der Waals surface area contributed by atoms with Gasteiger partial charge in [-0.05, 0) is 23.1 Å². The number of fused-ring (bicyclic) bond motifs is 1. The molecule has 0 radical (unpaired) electrons. The molecular weight excluding hydrogens is 174 g/mol. The van der Waals surface area contributed by atoms with Gasteiger partial charge in [0.2, 0.25) is 0 Å². The number of nitrogens with one attached hydrogen (secondary N) is 1. The van der Waals surface area contributed by atoms with Crippen LogP contribution in [-0.4, -0.2) is 12.3 Å². The van der Waals surface area contributed by atoms with Gasteiger partial charge in [-0.2, -0.15) is 0 Å². The van der Waals surface area contributed by atoms with E-state index in [0.29, 0.717) is 18.9 Å². The van der Waals surface area contributed by atoms with Gasteiger partial charge in [0.1, 0.15) is 0 Å². The molecule has 0 aromatic heterocycles. The highest BCUT2D eigenvalue weighted by Crippen LogP contribution is 2.25. The molecule has 1 heterocycles. The fourth-order valence-corrected chi connectivity index (χ4v) is 1.76. The Kier molecular flexibility index (Phi) is 2.28. The van der Waals surface area contributed by atoms with Crippen LogP contribution in [0.15, 0.2) is 18.2 Å². The van der Waals surface area contributed by atoms with E-state index < -0.39 is 0 Å². The molecule has 0 bridgehead atoms. The molecule has 0 spiro atoms. The number of anilines is 1. The third-order valence-corrected chi connectivity index (χ3v) is 2.66. The summed E-state index contributed by atoms with van der Waals surface area (Å²) < 4.78 is 0. The molecule has 0 saturated carbocycles. The van der Waals surface area contributed by atoms with Crippen LogP contribution in [0.4, 0.5) is 5.69 Å². The molecule has 2 nitrogen and oxygen atoms in total. The largest absolute Gasteiger partial charge is 0.378 e. The van der Waals surface area contributed by atoms with Crippen molar-refractivity contribution >= 4 is 11.5 Å². The number of benzene rings is 1. The minimum atomic E-state index is 0.276. The van der Waals surface area contributed by atoms with E-state index in [2.05, 4.69) is 37.4 Å². The molecule has 0 saturated heterocycles. The van der Waals surface area contributed by atoms with Gasteiger partial charge in [0.15, 0.2) is 5.78 Å². The standard InChI is InChI=1S/C12H15NO/c1-8(2)9-3-4-12-10(5-9)6-11(14)7-13-12/h3-5,8,13H,6-7H2,1-2H3. The maximum Gasteiger partial charge on any atom is 0.156 e.